The average Bonchev–Trinajstić information content (AvgIpc) is 3.26. The van der Waals surface area contributed by atoms with Crippen molar-refractivity contribution < 1.29 is 13.2 Å². The van der Waals surface area contributed by atoms with Crippen molar-refractivity contribution in [3.63, 3.8) is 0 Å². The average molecular weight is 438 g/mol. The Balaban J connectivity index is 1.75. The van der Waals surface area contributed by atoms with Crippen LogP contribution in [0.1, 0.15) is 37.8 Å². The number of benzene rings is 1. The molecule has 0 saturated carbocycles. The Morgan fingerprint density at radius 1 is 1.38 bits per heavy atom. The van der Waals surface area contributed by atoms with E-state index in [1.54, 1.807) is 9.58 Å². The molecule has 29 heavy (non-hydrogen) atoms. The SMILES string of the molecule is CC[C@@H](C)N(C(=O)CSc1nnnn1-c1ccc(C)cc1C)[C@@H]1CCS(=O)(=O)C1. The first-order valence-corrected chi connectivity index (χ1v) is 12.5. The van der Waals surface area contributed by atoms with E-state index < -0.39 is 9.84 Å². The van der Waals surface area contributed by atoms with Gasteiger partial charge in [-0.1, -0.05) is 36.4 Å². The molecule has 0 bridgehead atoms. The number of hydrogen-bond acceptors (Lipinski definition) is 7. The molecule has 2 aromatic rings. The summed E-state index contributed by atoms with van der Waals surface area (Å²) in [7, 11) is -3.06. The molecule has 1 aromatic heterocycles. The van der Waals surface area contributed by atoms with E-state index in [0.29, 0.717) is 11.6 Å². The lowest BCUT2D eigenvalue weighted by molar-refractivity contribution is -0.132. The van der Waals surface area contributed by atoms with Gasteiger partial charge in [-0.25, -0.2) is 8.42 Å². The molecule has 1 fully saturated rings. The number of amides is 1. The topological polar surface area (TPSA) is 98.1 Å². The molecule has 1 amide bonds. The summed E-state index contributed by atoms with van der Waals surface area (Å²) in [5.74, 6) is 0.276. The molecule has 3 rings (SSSR count). The van der Waals surface area contributed by atoms with E-state index in [-0.39, 0.29) is 35.2 Å². The first-order chi connectivity index (χ1) is 13.7. The third-order valence-electron chi connectivity index (χ3n) is 5.30. The molecule has 2 atom stereocenters. The summed E-state index contributed by atoms with van der Waals surface area (Å²) in [6.45, 7) is 7.99. The molecule has 1 aromatic carbocycles. The zero-order valence-corrected chi connectivity index (χ0v) is 18.8. The van der Waals surface area contributed by atoms with Crippen LogP contribution in [0.4, 0.5) is 0 Å². The molecule has 8 nitrogen and oxygen atoms in total. The normalized spacial score (nSPS) is 19.2. The highest BCUT2D eigenvalue weighted by molar-refractivity contribution is 7.99. The summed E-state index contributed by atoms with van der Waals surface area (Å²) in [6, 6.07) is 5.74. The Bertz CT molecular complexity index is 989. The van der Waals surface area contributed by atoms with Crippen LogP contribution >= 0.6 is 11.8 Å². The minimum atomic E-state index is -3.06. The van der Waals surface area contributed by atoms with Gasteiger partial charge in [-0.2, -0.15) is 4.68 Å². The molecule has 0 radical (unpaired) electrons. The summed E-state index contributed by atoms with van der Waals surface area (Å²) in [4.78, 5) is 14.8. The van der Waals surface area contributed by atoms with E-state index in [1.807, 2.05) is 39.8 Å². The molecule has 0 unspecified atom stereocenters. The summed E-state index contributed by atoms with van der Waals surface area (Å²) >= 11 is 1.27. The zero-order valence-electron chi connectivity index (χ0n) is 17.2. The van der Waals surface area contributed by atoms with Crippen LogP contribution in [0, 0.1) is 13.8 Å². The first-order valence-electron chi connectivity index (χ1n) is 9.72. The van der Waals surface area contributed by atoms with Gasteiger partial charge in [0.2, 0.25) is 11.1 Å². The van der Waals surface area contributed by atoms with E-state index in [1.165, 1.54) is 11.8 Å². The molecule has 2 heterocycles. The van der Waals surface area contributed by atoms with Gasteiger partial charge >= 0.3 is 0 Å². The summed E-state index contributed by atoms with van der Waals surface area (Å²) in [5, 5.41) is 12.5. The minimum Gasteiger partial charge on any atom is -0.335 e. The number of carbonyl (C=O) groups excluding carboxylic acids is 1. The number of sulfone groups is 1. The third kappa shape index (κ3) is 4.98. The molecule has 1 aliphatic rings. The molecular weight excluding hydrogens is 410 g/mol. The van der Waals surface area contributed by atoms with Crippen molar-refractivity contribution in [2.45, 2.75) is 57.8 Å². The smallest absolute Gasteiger partial charge is 0.233 e. The van der Waals surface area contributed by atoms with Crippen molar-refractivity contribution in [1.82, 2.24) is 25.1 Å². The van der Waals surface area contributed by atoms with Crippen molar-refractivity contribution in [2.24, 2.45) is 0 Å². The van der Waals surface area contributed by atoms with Crippen LogP contribution in [0.5, 0.6) is 0 Å². The Labute approximate surface area is 176 Å². The first kappa shape index (κ1) is 21.8. The van der Waals surface area contributed by atoms with Gasteiger partial charge in [-0.15, -0.1) is 5.10 Å². The lowest BCUT2D eigenvalue weighted by Crippen LogP contribution is -2.47. The molecule has 10 heteroatoms. The van der Waals surface area contributed by atoms with Crippen molar-refractivity contribution in [1.29, 1.82) is 0 Å². The maximum atomic E-state index is 13.0. The fraction of sp³-hybridized carbons (Fsp3) is 0.579. The van der Waals surface area contributed by atoms with E-state index in [2.05, 4.69) is 21.6 Å². The second-order valence-electron chi connectivity index (χ2n) is 7.57. The van der Waals surface area contributed by atoms with E-state index in [9.17, 15) is 13.2 Å². The summed E-state index contributed by atoms with van der Waals surface area (Å²) in [5.41, 5.74) is 3.07. The summed E-state index contributed by atoms with van der Waals surface area (Å²) in [6.07, 6.45) is 1.27. The number of tetrazole rings is 1. The number of hydrogen-bond donors (Lipinski definition) is 0. The highest BCUT2D eigenvalue weighted by Gasteiger charge is 2.36. The van der Waals surface area contributed by atoms with Crippen molar-refractivity contribution in [3.05, 3.63) is 29.3 Å². The predicted octanol–water partition coefficient (Wildman–Crippen LogP) is 2.19. The molecular formula is C19H27N5O3S2. The van der Waals surface area contributed by atoms with Crippen LogP contribution in [0.15, 0.2) is 23.4 Å². The number of carbonyl (C=O) groups is 1. The fourth-order valence-electron chi connectivity index (χ4n) is 3.66. The number of nitrogens with zero attached hydrogens (tertiary/aromatic N) is 5. The highest BCUT2D eigenvalue weighted by Crippen LogP contribution is 2.25. The van der Waals surface area contributed by atoms with E-state index in [0.717, 1.165) is 23.2 Å². The molecule has 1 aliphatic heterocycles. The second-order valence-corrected chi connectivity index (χ2v) is 10.7. The lowest BCUT2D eigenvalue weighted by Gasteiger charge is -2.33. The largest absolute Gasteiger partial charge is 0.335 e. The van der Waals surface area contributed by atoms with E-state index >= 15 is 0 Å². The minimum absolute atomic E-state index is 0.0169. The van der Waals surface area contributed by atoms with Crippen LogP contribution in [0.2, 0.25) is 0 Å². The van der Waals surface area contributed by atoms with Crippen LogP contribution < -0.4 is 0 Å². The van der Waals surface area contributed by atoms with Gasteiger partial charge in [0.25, 0.3) is 0 Å². The van der Waals surface area contributed by atoms with Gasteiger partial charge in [0.05, 0.1) is 22.9 Å². The maximum Gasteiger partial charge on any atom is 0.233 e. The zero-order chi connectivity index (χ0) is 21.2. The van der Waals surface area contributed by atoms with Crippen LogP contribution in [-0.4, -0.2) is 68.8 Å². The Morgan fingerprint density at radius 3 is 2.76 bits per heavy atom. The second kappa shape index (κ2) is 8.83. The van der Waals surface area contributed by atoms with Crippen molar-refractivity contribution in [2.75, 3.05) is 17.3 Å². The van der Waals surface area contributed by atoms with Gasteiger partial charge in [-0.3, -0.25) is 4.79 Å². The van der Waals surface area contributed by atoms with Gasteiger partial charge in [-0.05, 0) is 55.7 Å². The highest BCUT2D eigenvalue weighted by atomic mass is 32.2. The number of aryl methyl sites for hydroxylation is 2. The van der Waals surface area contributed by atoms with Crippen LogP contribution in [0.3, 0.4) is 0 Å². The van der Waals surface area contributed by atoms with E-state index in [4.69, 9.17) is 0 Å². The van der Waals surface area contributed by atoms with Gasteiger partial charge in [0.15, 0.2) is 9.84 Å². The molecule has 0 N–H and O–H groups in total. The number of rotatable bonds is 7. The van der Waals surface area contributed by atoms with Gasteiger partial charge < -0.3 is 4.90 Å². The monoisotopic (exact) mass is 437 g/mol. The molecule has 0 spiro atoms. The lowest BCUT2D eigenvalue weighted by atomic mass is 10.1. The van der Waals surface area contributed by atoms with Crippen LogP contribution in [-0.2, 0) is 14.6 Å². The van der Waals surface area contributed by atoms with Crippen LogP contribution in [0.25, 0.3) is 5.69 Å². The quantitative estimate of drug-likeness (QED) is 0.612. The molecule has 158 valence electrons. The van der Waals surface area contributed by atoms with Gasteiger partial charge in [0.1, 0.15) is 0 Å². The summed E-state index contributed by atoms with van der Waals surface area (Å²) < 4.78 is 25.5. The predicted molar refractivity (Wildman–Crippen MR) is 113 cm³/mol. The van der Waals surface area contributed by atoms with Crippen molar-refractivity contribution >= 4 is 27.5 Å². The van der Waals surface area contributed by atoms with Crippen molar-refractivity contribution in [3.8, 4) is 5.69 Å². The third-order valence-corrected chi connectivity index (χ3v) is 7.96. The Kier molecular flexibility index (Phi) is 6.62. The Morgan fingerprint density at radius 2 is 2.14 bits per heavy atom. The fourth-order valence-corrected chi connectivity index (χ4v) is 6.13. The number of thioether (sulfide) groups is 1. The maximum absolute atomic E-state index is 13.0. The van der Waals surface area contributed by atoms with Gasteiger partial charge in [0, 0.05) is 12.1 Å². The molecule has 0 aliphatic carbocycles. The Hall–Kier alpha value is -1.94. The standard InChI is InChI=1S/C19H27N5O3S2/c1-5-15(4)23(16-8-9-29(26,27)12-16)18(25)11-28-19-20-21-22-24(19)17-7-6-13(2)10-14(17)3/h6-7,10,15-16H,5,8-9,11-12H2,1-4H3/t15-,16-/m1/s1. The molecule has 1 saturated heterocycles. The number of aromatic nitrogens is 4.